The van der Waals surface area contributed by atoms with Crippen molar-refractivity contribution in [2.75, 3.05) is 11.9 Å². The maximum atomic E-state index is 11.8. The summed E-state index contributed by atoms with van der Waals surface area (Å²) in [6.45, 7) is 6.38. The minimum atomic E-state index is -0.178. The van der Waals surface area contributed by atoms with Crippen molar-refractivity contribution in [3.05, 3.63) is 42.2 Å². The van der Waals surface area contributed by atoms with Gasteiger partial charge in [0.15, 0.2) is 0 Å². The van der Waals surface area contributed by atoms with Crippen molar-refractivity contribution in [2.24, 2.45) is 0 Å². The molecule has 0 unspecified atom stereocenters. The predicted octanol–water partition coefficient (Wildman–Crippen LogP) is 2.76. The van der Waals surface area contributed by atoms with Gasteiger partial charge in [-0.25, -0.2) is 9.97 Å². The van der Waals surface area contributed by atoms with Crippen LogP contribution in [0, 0.1) is 0 Å². The number of ether oxygens (including phenoxy) is 1. The number of rotatable bonds is 6. The van der Waals surface area contributed by atoms with E-state index in [2.05, 4.69) is 20.6 Å². The van der Waals surface area contributed by atoms with E-state index in [1.807, 2.05) is 45.0 Å². The number of amides is 1. The van der Waals surface area contributed by atoms with Crippen molar-refractivity contribution in [2.45, 2.75) is 26.8 Å². The number of hydrogen-bond acceptors (Lipinski definition) is 5. The van der Waals surface area contributed by atoms with Crippen LogP contribution in [0.3, 0.4) is 0 Å². The van der Waals surface area contributed by atoms with Crippen molar-refractivity contribution in [1.82, 2.24) is 15.3 Å². The van der Waals surface area contributed by atoms with Crippen molar-refractivity contribution in [1.29, 1.82) is 0 Å². The first-order chi connectivity index (χ1) is 10.6. The second-order valence-electron chi connectivity index (χ2n) is 5.01. The van der Waals surface area contributed by atoms with E-state index in [4.69, 9.17) is 4.74 Å². The molecule has 116 valence electrons. The fourth-order valence-electron chi connectivity index (χ4n) is 1.79. The lowest BCUT2D eigenvalue weighted by molar-refractivity contribution is 0.0942. The van der Waals surface area contributed by atoms with Gasteiger partial charge in [-0.05, 0) is 45.0 Å². The molecule has 1 heterocycles. The van der Waals surface area contributed by atoms with E-state index in [9.17, 15) is 4.79 Å². The van der Waals surface area contributed by atoms with Gasteiger partial charge in [-0.15, -0.1) is 0 Å². The largest absolute Gasteiger partial charge is 0.494 e. The van der Waals surface area contributed by atoms with Gasteiger partial charge in [0.2, 0.25) is 5.95 Å². The molecule has 2 N–H and O–H groups in total. The maximum Gasteiger partial charge on any atom is 0.254 e. The number of aromatic nitrogens is 2. The first kappa shape index (κ1) is 15.8. The highest BCUT2D eigenvalue weighted by molar-refractivity contribution is 5.93. The predicted molar refractivity (Wildman–Crippen MR) is 85.5 cm³/mol. The Balaban J connectivity index is 2.00. The Kier molecular flexibility index (Phi) is 5.30. The van der Waals surface area contributed by atoms with Gasteiger partial charge in [-0.2, -0.15) is 0 Å². The number of carbonyl (C=O) groups excluding carboxylic acids is 1. The molecule has 0 aliphatic carbocycles. The van der Waals surface area contributed by atoms with Crippen molar-refractivity contribution in [3.8, 4) is 5.75 Å². The summed E-state index contributed by atoms with van der Waals surface area (Å²) >= 11 is 0. The van der Waals surface area contributed by atoms with E-state index in [-0.39, 0.29) is 11.9 Å². The second-order valence-corrected chi connectivity index (χ2v) is 5.01. The molecule has 6 nitrogen and oxygen atoms in total. The molecular formula is C16H20N4O2. The third kappa shape index (κ3) is 4.44. The molecule has 0 spiro atoms. The molecule has 1 amide bonds. The summed E-state index contributed by atoms with van der Waals surface area (Å²) in [7, 11) is 0. The number of hydrogen-bond donors (Lipinski definition) is 2. The van der Waals surface area contributed by atoms with Crippen LogP contribution in [0.25, 0.3) is 0 Å². The van der Waals surface area contributed by atoms with Gasteiger partial charge in [0.25, 0.3) is 5.91 Å². The Morgan fingerprint density at radius 3 is 2.36 bits per heavy atom. The van der Waals surface area contributed by atoms with Gasteiger partial charge >= 0.3 is 0 Å². The molecule has 2 rings (SSSR count). The summed E-state index contributed by atoms with van der Waals surface area (Å²) in [6, 6.07) is 7.59. The Morgan fingerprint density at radius 2 is 1.82 bits per heavy atom. The Labute approximate surface area is 129 Å². The van der Waals surface area contributed by atoms with Crippen molar-refractivity contribution < 1.29 is 9.53 Å². The number of benzene rings is 1. The molecule has 0 aliphatic rings. The average molecular weight is 300 g/mol. The van der Waals surface area contributed by atoms with Crippen LogP contribution in [-0.2, 0) is 0 Å². The van der Waals surface area contributed by atoms with Gasteiger partial charge in [0.05, 0.1) is 12.2 Å². The SMILES string of the molecule is CCOc1ccc(Nc2ncc(C(=O)NC(C)C)cn2)cc1. The Hall–Kier alpha value is -2.63. The van der Waals surface area contributed by atoms with Crippen LogP contribution < -0.4 is 15.4 Å². The average Bonchev–Trinajstić information content (AvgIpc) is 2.49. The first-order valence-electron chi connectivity index (χ1n) is 7.21. The monoisotopic (exact) mass is 300 g/mol. The van der Waals surface area contributed by atoms with Gasteiger partial charge in [-0.1, -0.05) is 0 Å². The molecule has 0 radical (unpaired) electrons. The van der Waals surface area contributed by atoms with Crippen LogP contribution in [0.15, 0.2) is 36.7 Å². The molecule has 1 aromatic heterocycles. The topological polar surface area (TPSA) is 76.1 Å². The zero-order valence-corrected chi connectivity index (χ0v) is 13.0. The van der Waals surface area contributed by atoms with Gasteiger partial charge in [-0.3, -0.25) is 4.79 Å². The smallest absolute Gasteiger partial charge is 0.254 e. The molecule has 2 aromatic rings. The van der Waals surface area contributed by atoms with Crippen LogP contribution in [0.4, 0.5) is 11.6 Å². The van der Waals surface area contributed by atoms with E-state index in [1.165, 1.54) is 12.4 Å². The summed E-state index contributed by atoms with van der Waals surface area (Å²) < 4.78 is 5.38. The lowest BCUT2D eigenvalue weighted by atomic mass is 10.3. The standard InChI is InChI=1S/C16H20N4O2/c1-4-22-14-7-5-13(6-8-14)20-16-17-9-12(10-18-16)15(21)19-11(2)3/h5-11H,4H2,1-3H3,(H,19,21)(H,17,18,20). The lowest BCUT2D eigenvalue weighted by Gasteiger charge is -2.09. The zero-order valence-electron chi connectivity index (χ0n) is 13.0. The molecule has 0 atom stereocenters. The van der Waals surface area contributed by atoms with Gasteiger partial charge < -0.3 is 15.4 Å². The summed E-state index contributed by atoms with van der Waals surface area (Å²) in [6.07, 6.45) is 3.00. The van der Waals surface area contributed by atoms with Crippen molar-refractivity contribution >= 4 is 17.5 Å². The Morgan fingerprint density at radius 1 is 1.18 bits per heavy atom. The highest BCUT2D eigenvalue weighted by Crippen LogP contribution is 2.18. The molecule has 0 fully saturated rings. The molecule has 0 saturated carbocycles. The maximum absolute atomic E-state index is 11.8. The summed E-state index contributed by atoms with van der Waals surface area (Å²) in [5, 5.41) is 5.86. The summed E-state index contributed by atoms with van der Waals surface area (Å²) in [4.78, 5) is 20.1. The van der Waals surface area contributed by atoms with Gasteiger partial charge in [0, 0.05) is 24.1 Å². The second kappa shape index (κ2) is 7.40. The Bertz CT molecular complexity index is 609. The molecule has 0 saturated heterocycles. The molecule has 0 bridgehead atoms. The van der Waals surface area contributed by atoms with Crippen LogP contribution in [-0.4, -0.2) is 28.5 Å². The highest BCUT2D eigenvalue weighted by Gasteiger charge is 2.08. The molecular weight excluding hydrogens is 280 g/mol. The van der Waals surface area contributed by atoms with Gasteiger partial charge in [0.1, 0.15) is 5.75 Å². The third-order valence-corrected chi connectivity index (χ3v) is 2.76. The van der Waals surface area contributed by atoms with E-state index >= 15 is 0 Å². The minimum absolute atomic E-state index is 0.0779. The summed E-state index contributed by atoms with van der Waals surface area (Å²) in [5.41, 5.74) is 1.29. The van der Waals surface area contributed by atoms with Crippen LogP contribution in [0.5, 0.6) is 5.75 Å². The molecule has 1 aromatic carbocycles. The van der Waals surface area contributed by atoms with Crippen molar-refractivity contribution in [3.63, 3.8) is 0 Å². The number of carbonyl (C=O) groups is 1. The van der Waals surface area contributed by atoms with Crippen LogP contribution >= 0.6 is 0 Å². The van der Waals surface area contributed by atoms with E-state index < -0.39 is 0 Å². The third-order valence-electron chi connectivity index (χ3n) is 2.76. The van der Waals surface area contributed by atoms with Crippen LogP contribution in [0.1, 0.15) is 31.1 Å². The normalized spacial score (nSPS) is 10.4. The van der Waals surface area contributed by atoms with Crippen LogP contribution in [0.2, 0.25) is 0 Å². The van der Waals surface area contributed by atoms with E-state index in [0.29, 0.717) is 18.1 Å². The molecule has 22 heavy (non-hydrogen) atoms. The number of anilines is 2. The fraction of sp³-hybridized carbons (Fsp3) is 0.312. The molecule has 6 heteroatoms. The molecule has 0 aliphatic heterocycles. The van der Waals surface area contributed by atoms with E-state index in [0.717, 1.165) is 11.4 Å². The number of nitrogens with zero attached hydrogens (tertiary/aromatic N) is 2. The quantitative estimate of drug-likeness (QED) is 0.858. The zero-order chi connectivity index (χ0) is 15.9. The number of nitrogens with one attached hydrogen (secondary N) is 2. The highest BCUT2D eigenvalue weighted by atomic mass is 16.5. The lowest BCUT2D eigenvalue weighted by Crippen LogP contribution is -2.30. The fourth-order valence-corrected chi connectivity index (χ4v) is 1.79. The van der Waals surface area contributed by atoms with E-state index in [1.54, 1.807) is 0 Å². The summed E-state index contributed by atoms with van der Waals surface area (Å²) in [5.74, 6) is 1.07. The minimum Gasteiger partial charge on any atom is -0.494 e. The first-order valence-corrected chi connectivity index (χ1v) is 7.21.